The van der Waals surface area contributed by atoms with Crippen LogP contribution < -0.4 is 10.5 Å². The van der Waals surface area contributed by atoms with E-state index in [1.54, 1.807) is 7.11 Å². The third-order valence-corrected chi connectivity index (χ3v) is 5.55. The molecule has 25 heavy (non-hydrogen) atoms. The highest BCUT2D eigenvalue weighted by atomic mass is 16.5. The van der Waals surface area contributed by atoms with E-state index < -0.39 is 11.5 Å². The van der Waals surface area contributed by atoms with E-state index in [4.69, 9.17) is 10.5 Å². The zero-order chi connectivity index (χ0) is 18.3. The van der Waals surface area contributed by atoms with Crippen molar-refractivity contribution in [2.45, 2.75) is 82.6 Å². The fraction of sp³-hybridized carbons (Fsp3) is 0.667. The summed E-state index contributed by atoms with van der Waals surface area (Å²) in [4.78, 5) is 11.4. The predicted octanol–water partition coefficient (Wildman–Crippen LogP) is 4.65. The summed E-state index contributed by atoms with van der Waals surface area (Å²) in [6, 6.07) is 6.31. The zero-order valence-corrected chi connectivity index (χ0v) is 15.7. The number of aliphatic carboxylic acids is 1. The Labute approximate surface area is 151 Å². The Kier molecular flexibility index (Phi) is 7.30. The molecule has 2 rings (SSSR count). The molecule has 0 aliphatic heterocycles. The van der Waals surface area contributed by atoms with Crippen LogP contribution in [0.4, 0.5) is 0 Å². The molecule has 0 radical (unpaired) electrons. The summed E-state index contributed by atoms with van der Waals surface area (Å²) >= 11 is 0. The van der Waals surface area contributed by atoms with Crippen LogP contribution in [-0.4, -0.2) is 23.7 Å². The first-order valence-corrected chi connectivity index (χ1v) is 9.69. The number of benzene rings is 1. The van der Waals surface area contributed by atoms with E-state index in [0.717, 1.165) is 18.6 Å². The summed E-state index contributed by atoms with van der Waals surface area (Å²) in [5.41, 5.74) is 7.41. The van der Waals surface area contributed by atoms with E-state index in [9.17, 15) is 9.90 Å². The molecular formula is C21H33NO3. The topological polar surface area (TPSA) is 72.6 Å². The van der Waals surface area contributed by atoms with Crippen LogP contribution in [0.2, 0.25) is 0 Å². The smallest absolute Gasteiger partial charge is 0.323 e. The maximum Gasteiger partial charge on any atom is 0.323 e. The molecule has 3 N–H and O–H groups in total. The van der Waals surface area contributed by atoms with Crippen LogP contribution >= 0.6 is 0 Å². The van der Waals surface area contributed by atoms with Gasteiger partial charge in [-0.05, 0) is 55.2 Å². The molecule has 0 amide bonds. The van der Waals surface area contributed by atoms with Gasteiger partial charge in [0.1, 0.15) is 11.3 Å². The number of rotatable bonds is 10. The van der Waals surface area contributed by atoms with Gasteiger partial charge >= 0.3 is 5.97 Å². The second-order valence-electron chi connectivity index (χ2n) is 7.49. The Balaban J connectivity index is 1.98. The average molecular weight is 347 g/mol. The number of aryl methyl sites for hydroxylation is 1. The lowest BCUT2D eigenvalue weighted by Crippen LogP contribution is -2.45. The molecule has 4 nitrogen and oxygen atoms in total. The van der Waals surface area contributed by atoms with Crippen LogP contribution in [0.1, 0.15) is 81.8 Å². The van der Waals surface area contributed by atoms with Gasteiger partial charge in [0.25, 0.3) is 0 Å². The van der Waals surface area contributed by atoms with E-state index in [1.807, 2.05) is 6.07 Å². The lowest BCUT2D eigenvalue weighted by Gasteiger charge is -2.19. The molecule has 0 saturated heterocycles. The molecule has 2 atom stereocenters. The average Bonchev–Trinajstić information content (AvgIpc) is 3.01. The second kappa shape index (κ2) is 9.23. The van der Waals surface area contributed by atoms with Crippen molar-refractivity contribution in [3.63, 3.8) is 0 Å². The molecule has 0 spiro atoms. The summed E-state index contributed by atoms with van der Waals surface area (Å²) < 4.78 is 5.52. The van der Waals surface area contributed by atoms with Gasteiger partial charge in [0.15, 0.2) is 0 Å². The van der Waals surface area contributed by atoms with Crippen LogP contribution in [0, 0.1) is 0 Å². The van der Waals surface area contributed by atoms with E-state index in [1.165, 1.54) is 49.7 Å². The number of carboxylic acid groups (broad SMARTS) is 1. The van der Waals surface area contributed by atoms with Gasteiger partial charge in [-0.3, -0.25) is 4.79 Å². The third kappa shape index (κ3) is 5.21. The quantitative estimate of drug-likeness (QED) is 0.604. The van der Waals surface area contributed by atoms with Gasteiger partial charge in [-0.2, -0.15) is 0 Å². The molecule has 1 aromatic carbocycles. The molecule has 140 valence electrons. The van der Waals surface area contributed by atoms with Gasteiger partial charge in [-0.25, -0.2) is 0 Å². The summed E-state index contributed by atoms with van der Waals surface area (Å²) in [5, 5.41) is 9.33. The number of hydrogen-bond acceptors (Lipinski definition) is 3. The molecule has 0 aromatic heterocycles. The summed E-state index contributed by atoms with van der Waals surface area (Å²) in [6.45, 7) is 2.24. The maximum absolute atomic E-state index is 11.4. The number of unbranched alkanes of at least 4 members (excludes halogenated alkanes) is 5. The van der Waals surface area contributed by atoms with Gasteiger partial charge in [0.05, 0.1) is 7.11 Å². The summed E-state index contributed by atoms with van der Waals surface area (Å²) in [6.07, 6.45) is 10.6. The first kappa shape index (κ1) is 19.8. The lowest BCUT2D eigenvalue weighted by molar-refractivity contribution is -0.143. The minimum Gasteiger partial charge on any atom is -0.496 e. The Bertz CT molecular complexity index is 572. The Hall–Kier alpha value is -1.55. The predicted molar refractivity (Wildman–Crippen MR) is 101 cm³/mol. The second-order valence-corrected chi connectivity index (χ2v) is 7.49. The van der Waals surface area contributed by atoms with Gasteiger partial charge in [-0.15, -0.1) is 0 Å². The number of nitrogens with two attached hydrogens (primary N) is 1. The normalized spacial score (nSPS) is 22.9. The SMILES string of the molecule is CCCCCCCCc1cc([C@H]2CCC(N)(C(=O)O)C2)ccc1OC. The maximum atomic E-state index is 11.4. The van der Waals surface area contributed by atoms with Crippen molar-refractivity contribution in [1.29, 1.82) is 0 Å². The molecule has 1 aliphatic carbocycles. The lowest BCUT2D eigenvalue weighted by atomic mass is 9.91. The summed E-state index contributed by atoms with van der Waals surface area (Å²) in [7, 11) is 1.71. The van der Waals surface area contributed by atoms with E-state index in [2.05, 4.69) is 19.1 Å². The van der Waals surface area contributed by atoms with Crippen LogP contribution in [0.15, 0.2) is 18.2 Å². The largest absolute Gasteiger partial charge is 0.496 e. The number of carbonyl (C=O) groups is 1. The van der Waals surface area contributed by atoms with Crippen LogP contribution in [-0.2, 0) is 11.2 Å². The van der Waals surface area contributed by atoms with Gasteiger partial charge in [0.2, 0.25) is 0 Å². The monoisotopic (exact) mass is 347 g/mol. The third-order valence-electron chi connectivity index (χ3n) is 5.55. The fourth-order valence-electron chi connectivity index (χ4n) is 3.90. The van der Waals surface area contributed by atoms with Gasteiger partial charge in [0, 0.05) is 0 Å². The molecular weight excluding hydrogens is 314 g/mol. The van der Waals surface area contributed by atoms with Gasteiger partial charge in [-0.1, -0.05) is 51.2 Å². The van der Waals surface area contributed by atoms with E-state index >= 15 is 0 Å². The first-order valence-electron chi connectivity index (χ1n) is 9.69. The molecule has 1 fully saturated rings. The Morgan fingerprint density at radius 3 is 2.64 bits per heavy atom. The molecule has 4 heteroatoms. The van der Waals surface area contributed by atoms with Crippen molar-refractivity contribution >= 4 is 5.97 Å². The number of carboxylic acids is 1. The Morgan fingerprint density at radius 2 is 2.00 bits per heavy atom. The molecule has 0 heterocycles. The van der Waals surface area contributed by atoms with Crippen molar-refractivity contribution in [3.05, 3.63) is 29.3 Å². The molecule has 1 unspecified atom stereocenters. The molecule has 0 bridgehead atoms. The van der Waals surface area contributed by atoms with Crippen molar-refractivity contribution in [2.24, 2.45) is 5.73 Å². The fourth-order valence-corrected chi connectivity index (χ4v) is 3.90. The molecule has 1 aromatic rings. The summed E-state index contributed by atoms with van der Waals surface area (Å²) in [5.74, 6) is 0.290. The zero-order valence-electron chi connectivity index (χ0n) is 15.7. The highest BCUT2D eigenvalue weighted by Crippen LogP contribution is 2.41. The van der Waals surface area contributed by atoms with Gasteiger partial charge < -0.3 is 15.6 Å². The van der Waals surface area contributed by atoms with Crippen molar-refractivity contribution in [2.75, 3.05) is 7.11 Å². The number of methoxy groups -OCH3 is 1. The first-order chi connectivity index (χ1) is 12.0. The highest BCUT2D eigenvalue weighted by molar-refractivity contribution is 5.79. The standard InChI is InChI=1S/C21H33NO3/c1-3-4-5-6-7-8-9-17-14-16(10-11-19(17)25-2)18-12-13-21(22,15-18)20(23)24/h10-11,14,18H,3-9,12-13,15,22H2,1-2H3,(H,23,24)/t18-,21?/m0/s1. The minimum absolute atomic E-state index is 0.232. The number of hydrogen-bond donors (Lipinski definition) is 2. The van der Waals surface area contributed by atoms with Crippen molar-refractivity contribution in [1.82, 2.24) is 0 Å². The molecule has 1 aliphatic rings. The van der Waals surface area contributed by atoms with Crippen LogP contribution in [0.25, 0.3) is 0 Å². The van der Waals surface area contributed by atoms with Crippen LogP contribution in [0.3, 0.4) is 0 Å². The van der Waals surface area contributed by atoms with Crippen LogP contribution in [0.5, 0.6) is 5.75 Å². The Morgan fingerprint density at radius 1 is 1.28 bits per heavy atom. The van der Waals surface area contributed by atoms with Crippen molar-refractivity contribution < 1.29 is 14.6 Å². The molecule has 1 saturated carbocycles. The van der Waals surface area contributed by atoms with Crippen molar-refractivity contribution in [3.8, 4) is 5.75 Å². The highest BCUT2D eigenvalue weighted by Gasteiger charge is 2.42. The van der Waals surface area contributed by atoms with E-state index in [-0.39, 0.29) is 5.92 Å². The minimum atomic E-state index is -1.07. The van der Waals surface area contributed by atoms with E-state index in [0.29, 0.717) is 12.8 Å². The number of ether oxygens (including phenoxy) is 1.